The van der Waals surface area contributed by atoms with Crippen molar-refractivity contribution in [2.45, 2.75) is 11.3 Å². The Hall–Kier alpha value is -3.30. The maximum absolute atomic E-state index is 14.0. The summed E-state index contributed by atoms with van der Waals surface area (Å²) in [6.45, 7) is 2.05. The van der Waals surface area contributed by atoms with Crippen molar-refractivity contribution in [2.24, 2.45) is 0 Å². The maximum atomic E-state index is 14.0. The first kappa shape index (κ1) is 24.4. The van der Waals surface area contributed by atoms with Crippen molar-refractivity contribution < 1.29 is 22.3 Å². The molecule has 0 aliphatic carbocycles. The molecule has 0 aromatic heterocycles. The van der Waals surface area contributed by atoms with Crippen LogP contribution in [0.15, 0.2) is 71.6 Å². The Morgan fingerprint density at radius 1 is 0.917 bits per heavy atom. The van der Waals surface area contributed by atoms with E-state index < -0.39 is 10.0 Å². The highest BCUT2D eigenvalue weighted by Crippen LogP contribution is 2.35. The van der Waals surface area contributed by atoms with Gasteiger partial charge in [-0.2, -0.15) is 0 Å². The number of para-hydroxylation sites is 2. The summed E-state index contributed by atoms with van der Waals surface area (Å²) >= 11 is 6.34. The van der Waals surface area contributed by atoms with Gasteiger partial charge in [-0.25, -0.2) is 12.8 Å². The molecule has 0 atom stereocenters. The second kappa shape index (κ2) is 9.99. The van der Waals surface area contributed by atoms with E-state index >= 15 is 0 Å². The van der Waals surface area contributed by atoms with E-state index in [1.54, 1.807) is 29.2 Å². The molecule has 2 aliphatic rings. The molecule has 5 rings (SSSR count). The molecular formula is C26H25ClFN3O4S. The van der Waals surface area contributed by atoms with Crippen LogP contribution in [0.1, 0.15) is 5.56 Å². The molecule has 0 N–H and O–H groups in total. The van der Waals surface area contributed by atoms with Gasteiger partial charge in [0.1, 0.15) is 11.6 Å². The second-order valence-corrected chi connectivity index (χ2v) is 10.9. The molecule has 0 saturated carbocycles. The van der Waals surface area contributed by atoms with E-state index in [2.05, 4.69) is 0 Å². The predicted molar refractivity (Wildman–Crippen MR) is 137 cm³/mol. The minimum absolute atomic E-state index is 0.0622. The van der Waals surface area contributed by atoms with Crippen LogP contribution in [0.2, 0.25) is 5.02 Å². The van der Waals surface area contributed by atoms with Crippen LogP contribution >= 0.6 is 11.6 Å². The fourth-order valence-corrected chi connectivity index (χ4v) is 6.41. The molecular weight excluding hydrogens is 505 g/mol. The third kappa shape index (κ3) is 4.73. The largest absolute Gasteiger partial charge is 0.482 e. The number of halogens is 2. The lowest BCUT2D eigenvalue weighted by Crippen LogP contribution is -2.50. The normalized spacial score (nSPS) is 15.7. The van der Waals surface area contributed by atoms with Crippen molar-refractivity contribution in [2.75, 3.05) is 48.5 Å². The number of hydrogen-bond acceptors (Lipinski definition) is 5. The lowest BCUT2D eigenvalue weighted by atomic mass is 10.2. The number of amides is 1. The molecule has 2 aliphatic heterocycles. The molecule has 1 fully saturated rings. The summed E-state index contributed by atoms with van der Waals surface area (Å²) in [6.07, 6.45) is 0.654. The summed E-state index contributed by atoms with van der Waals surface area (Å²) in [5, 5.41) is 0.112. The van der Waals surface area contributed by atoms with Crippen LogP contribution in [0.4, 0.5) is 15.8 Å². The number of hydrogen-bond donors (Lipinski definition) is 0. The summed E-state index contributed by atoms with van der Waals surface area (Å²) < 4.78 is 47.5. The molecule has 0 unspecified atom stereocenters. The highest BCUT2D eigenvalue weighted by molar-refractivity contribution is 7.92. The van der Waals surface area contributed by atoms with Gasteiger partial charge in [0.15, 0.2) is 6.61 Å². The van der Waals surface area contributed by atoms with Crippen LogP contribution in [-0.2, 0) is 21.2 Å². The van der Waals surface area contributed by atoms with Crippen molar-refractivity contribution in [3.8, 4) is 5.75 Å². The Morgan fingerprint density at radius 3 is 2.33 bits per heavy atom. The number of rotatable bonds is 6. The summed E-state index contributed by atoms with van der Waals surface area (Å²) in [5.41, 5.74) is 2.19. The summed E-state index contributed by atoms with van der Waals surface area (Å²) in [4.78, 5) is 16.3. The molecule has 1 saturated heterocycles. The molecule has 7 nitrogen and oxygen atoms in total. The van der Waals surface area contributed by atoms with Crippen LogP contribution < -0.4 is 13.9 Å². The average Bonchev–Trinajstić information content (AvgIpc) is 3.33. The van der Waals surface area contributed by atoms with E-state index in [4.69, 9.17) is 16.3 Å². The summed E-state index contributed by atoms with van der Waals surface area (Å²) in [7, 11) is -3.78. The van der Waals surface area contributed by atoms with E-state index in [0.717, 1.165) is 5.56 Å². The maximum Gasteiger partial charge on any atom is 0.264 e. The number of fused-ring (bicyclic) bond motifs is 1. The second-order valence-electron chi connectivity index (χ2n) is 8.66. The zero-order chi connectivity index (χ0) is 25.3. The van der Waals surface area contributed by atoms with Gasteiger partial charge < -0.3 is 14.5 Å². The first-order valence-corrected chi connectivity index (χ1v) is 13.5. The highest BCUT2D eigenvalue weighted by Gasteiger charge is 2.31. The molecule has 2 heterocycles. The topological polar surface area (TPSA) is 70.2 Å². The van der Waals surface area contributed by atoms with Gasteiger partial charge in [0, 0.05) is 32.7 Å². The van der Waals surface area contributed by atoms with Gasteiger partial charge >= 0.3 is 0 Å². The molecule has 36 heavy (non-hydrogen) atoms. The third-order valence-corrected chi connectivity index (χ3v) is 8.62. The van der Waals surface area contributed by atoms with Crippen molar-refractivity contribution in [1.82, 2.24) is 4.90 Å². The first-order valence-electron chi connectivity index (χ1n) is 11.6. The summed E-state index contributed by atoms with van der Waals surface area (Å²) in [5.74, 6) is -0.268. The van der Waals surface area contributed by atoms with Gasteiger partial charge in [-0.05, 0) is 48.4 Å². The predicted octanol–water partition coefficient (Wildman–Crippen LogP) is 3.96. The van der Waals surface area contributed by atoms with E-state index in [1.165, 1.54) is 28.6 Å². The smallest absolute Gasteiger partial charge is 0.264 e. The molecule has 3 aromatic carbocycles. The monoisotopic (exact) mass is 529 g/mol. The number of piperazine rings is 1. The third-order valence-electron chi connectivity index (χ3n) is 6.51. The number of carbonyl (C=O) groups is 1. The molecule has 0 radical (unpaired) electrons. The van der Waals surface area contributed by atoms with Crippen LogP contribution in [0, 0.1) is 5.82 Å². The van der Waals surface area contributed by atoms with Gasteiger partial charge in [0.2, 0.25) is 0 Å². The van der Waals surface area contributed by atoms with Gasteiger partial charge in [-0.15, -0.1) is 0 Å². The molecule has 0 bridgehead atoms. The lowest BCUT2D eigenvalue weighted by Gasteiger charge is -2.36. The Balaban J connectivity index is 1.19. The zero-order valence-corrected chi connectivity index (χ0v) is 21.0. The van der Waals surface area contributed by atoms with Gasteiger partial charge in [0.05, 0.1) is 21.3 Å². The average molecular weight is 530 g/mol. The minimum Gasteiger partial charge on any atom is -0.482 e. The Morgan fingerprint density at radius 2 is 1.61 bits per heavy atom. The highest BCUT2D eigenvalue weighted by atomic mass is 35.5. The lowest BCUT2D eigenvalue weighted by molar-refractivity contribution is -0.133. The SMILES string of the molecule is O=C(COc1ccc(S(=O)(=O)N2CCc3ccccc32)cc1Cl)N1CCN(c2ccccc2F)CC1. The fraction of sp³-hybridized carbons (Fsp3) is 0.269. The van der Waals surface area contributed by atoms with Crippen LogP contribution in [0.25, 0.3) is 0 Å². The zero-order valence-electron chi connectivity index (χ0n) is 19.4. The summed E-state index contributed by atoms with van der Waals surface area (Å²) in [6, 6.07) is 18.3. The standard InChI is InChI=1S/C26H25ClFN3O4S/c27-21-17-20(36(33,34)31-12-11-19-5-1-3-7-23(19)31)9-10-25(21)35-18-26(32)30-15-13-29(14-16-30)24-8-4-2-6-22(24)28/h1-10,17H,11-16,18H2. The van der Waals surface area contributed by atoms with Crippen molar-refractivity contribution >= 4 is 38.9 Å². The van der Waals surface area contributed by atoms with E-state index in [-0.39, 0.29) is 34.0 Å². The Kier molecular flexibility index (Phi) is 6.77. The van der Waals surface area contributed by atoms with Gasteiger partial charge in [-0.1, -0.05) is 41.9 Å². The van der Waals surface area contributed by atoms with Crippen molar-refractivity contribution in [3.05, 3.63) is 83.1 Å². The Labute approximate surface area is 214 Å². The number of anilines is 2. The number of ether oxygens (including phenoxy) is 1. The van der Waals surface area contributed by atoms with Crippen molar-refractivity contribution in [3.63, 3.8) is 0 Å². The molecule has 0 spiro atoms. The molecule has 3 aromatic rings. The van der Waals surface area contributed by atoms with Crippen molar-refractivity contribution in [1.29, 1.82) is 0 Å². The van der Waals surface area contributed by atoms with E-state index in [1.807, 2.05) is 23.1 Å². The first-order chi connectivity index (χ1) is 17.3. The number of nitrogens with zero attached hydrogens (tertiary/aromatic N) is 3. The van der Waals surface area contributed by atoms with Gasteiger partial charge in [0.25, 0.3) is 15.9 Å². The number of carbonyl (C=O) groups excluding carboxylic acids is 1. The van der Waals surface area contributed by atoms with Crippen LogP contribution in [0.3, 0.4) is 0 Å². The molecule has 1 amide bonds. The van der Waals surface area contributed by atoms with Crippen LogP contribution in [-0.4, -0.2) is 58.6 Å². The minimum atomic E-state index is -3.78. The molecule has 10 heteroatoms. The quantitative estimate of drug-likeness (QED) is 0.483. The molecule has 188 valence electrons. The fourth-order valence-electron chi connectivity index (χ4n) is 4.58. The number of benzene rings is 3. The van der Waals surface area contributed by atoms with Crippen LogP contribution in [0.5, 0.6) is 5.75 Å². The van der Waals surface area contributed by atoms with Gasteiger partial charge in [-0.3, -0.25) is 9.10 Å². The Bertz CT molecular complexity index is 1390. The van der Waals surface area contributed by atoms with E-state index in [0.29, 0.717) is 50.5 Å². The van der Waals surface area contributed by atoms with E-state index in [9.17, 15) is 17.6 Å². The number of sulfonamides is 1.